The third-order valence-electron chi connectivity index (χ3n) is 6.10. The largest absolute Gasteiger partial charge is 0.351 e. The second kappa shape index (κ2) is 8.77. The Morgan fingerprint density at radius 2 is 2.06 bits per heavy atom. The number of hydrogen-bond acceptors (Lipinski definition) is 6. The zero-order valence-electron chi connectivity index (χ0n) is 18.8. The second-order valence-electron chi connectivity index (χ2n) is 8.91. The number of aromatic nitrogens is 3. The molecule has 2 aromatic rings. The van der Waals surface area contributed by atoms with Gasteiger partial charge in [0.1, 0.15) is 5.82 Å². The van der Waals surface area contributed by atoms with Gasteiger partial charge in [-0.1, -0.05) is 25.9 Å². The number of likely N-dealkylation sites (tertiary alicyclic amines) is 1. The minimum atomic E-state index is -0.238. The Kier molecular flexibility index (Phi) is 6.07. The van der Waals surface area contributed by atoms with Gasteiger partial charge < -0.3 is 9.42 Å². The molecule has 0 aromatic carbocycles. The lowest BCUT2D eigenvalue weighted by Crippen LogP contribution is -2.41. The Labute approximate surface area is 183 Å². The average Bonchev–Trinajstić information content (AvgIpc) is 3.24. The molecule has 0 N–H and O–H groups in total. The topological polar surface area (TPSA) is 92.4 Å². The van der Waals surface area contributed by atoms with Crippen LogP contribution in [0.4, 0.5) is 5.82 Å². The predicted octanol–water partition coefficient (Wildman–Crippen LogP) is 3.64. The smallest absolute Gasteiger partial charge is 0.293 e. The Bertz CT molecular complexity index is 984. The Morgan fingerprint density at radius 3 is 2.77 bits per heavy atom. The van der Waals surface area contributed by atoms with Gasteiger partial charge in [0.2, 0.25) is 11.7 Å². The highest BCUT2D eigenvalue weighted by molar-refractivity contribution is 5.95. The van der Waals surface area contributed by atoms with Crippen LogP contribution >= 0.6 is 0 Å². The van der Waals surface area contributed by atoms with Crippen LogP contribution in [0.5, 0.6) is 0 Å². The maximum Gasteiger partial charge on any atom is 0.293 e. The van der Waals surface area contributed by atoms with Gasteiger partial charge in [-0.2, -0.15) is 0 Å². The summed E-state index contributed by atoms with van der Waals surface area (Å²) in [5, 5.41) is 3.97. The number of aryl methyl sites for hydroxylation is 2. The quantitative estimate of drug-likeness (QED) is 0.726. The number of hydrogen-bond donors (Lipinski definition) is 0. The molecule has 8 heteroatoms. The van der Waals surface area contributed by atoms with Gasteiger partial charge in [0, 0.05) is 36.8 Å². The van der Waals surface area contributed by atoms with E-state index in [1.165, 1.54) is 0 Å². The predicted molar refractivity (Wildman–Crippen MR) is 116 cm³/mol. The average molecular weight is 426 g/mol. The first kappa shape index (κ1) is 21.5. The summed E-state index contributed by atoms with van der Waals surface area (Å²) in [5.74, 6) is 1.86. The first-order chi connectivity index (χ1) is 14.9. The van der Waals surface area contributed by atoms with Crippen molar-refractivity contribution in [3.8, 4) is 0 Å². The van der Waals surface area contributed by atoms with Gasteiger partial charge in [0.15, 0.2) is 5.82 Å². The van der Waals surface area contributed by atoms with E-state index in [2.05, 4.69) is 19.0 Å². The fourth-order valence-electron chi connectivity index (χ4n) is 4.47. The van der Waals surface area contributed by atoms with Crippen LogP contribution in [0, 0.1) is 12.8 Å². The van der Waals surface area contributed by atoms with Crippen molar-refractivity contribution < 1.29 is 14.1 Å². The lowest BCUT2D eigenvalue weighted by molar-refractivity contribution is -0.119. The molecule has 1 atom stereocenters. The summed E-state index contributed by atoms with van der Waals surface area (Å²) in [6.07, 6.45) is 4.59. The molecule has 0 unspecified atom stereocenters. The number of piperidine rings is 1. The van der Waals surface area contributed by atoms with Crippen molar-refractivity contribution in [1.29, 1.82) is 0 Å². The Morgan fingerprint density at radius 1 is 1.26 bits per heavy atom. The summed E-state index contributed by atoms with van der Waals surface area (Å²) >= 11 is 0. The van der Waals surface area contributed by atoms with E-state index in [0.717, 1.165) is 42.0 Å². The standard InChI is InChI=1S/C23H31N5O3/c1-5-16-12-19(31-26-16)23(30)27-11-7-6-8-18(27)21-24-15(4)17-9-10-20(29)28(13-14(2)3)22(17)25-21/h12,14,18H,5-11,13H2,1-4H3/t18-/m1/s1. The molecule has 2 aliphatic heterocycles. The molecular formula is C23H31N5O3. The maximum absolute atomic E-state index is 13.2. The number of anilines is 1. The molecule has 31 heavy (non-hydrogen) atoms. The third-order valence-corrected chi connectivity index (χ3v) is 6.10. The third kappa shape index (κ3) is 4.20. The highest BCUT2D eigenvalue weighted by atomic mass is 16.5. The summed E-state index contributed by atoms with van der Waals surface area (Å²) in [4.78, 5) is 39.2. The maximum atomic E-state index is 13.2. The number of carbonyl (C=O) groups is 2. The molecule has 0 aliphatic carbocycles. The van der Waals surface area contributed by atoms with Gasteiger partial charge in [0.25, 0.3) is 5.91 Å². The molecule has 4 rings (SSSR count). The fraction of sp³-hybridized carbons (Fsp3) is 0.609. The van der Waals surface area contributed by atoms with Crippen molar-refractivity contribution in [1.82, 2.24) is 20.0 Å². The molecule has 0 saturated carbocycles. The first-order valence-corrected chi connectivity index (χ1v) is 11.3. The summed E-state index contributed by atoms with van der Waals surface area (Å²) in [5.41, 5.74) is 2.70. The number of fused-ring (bicyclic) bond motifs is 1. The van der Waals surface area contributed by atoms with Crippen LogP contribution in [-0.4, -0.2) is 44.9 Å². The monoisotopic (exact) mass is 425 g/mol. The molecule has 4 heterocycles. The molecule has 8 nitrogen and oxygen atoms in total. The number of amides is 2. The summed E-state index contributed by atoms with van der Waals surface area (Å²) in [6.45, 7) is 9.41. The highest BCUT2D eigenvalue weighted by Gasteiger charge is 2.35. The highest BCUT2D eigenvalue weighted by Crippen LogP contribution is 2.35. The molecular weight excluding hydrogens is 394 g/mol. The van der Waals surface area contributed by atoms with Crippen molar-refractivity contribution in [3.05, 3.63) is 34.6 Å². The Balaban J connectivity index is 1.70. The van der Waals surface area contributed by atoms with E-state index in [1.54, 1.807) is 11.0 Å². The molecule has 0 radical (unpaired) electrons. The van der Waals surface area contributed by atoms with E-state index in [0.29, 0.717) is 44.1 Å². The second-order valence-corrected chi connectivity index (χ2v) is 8.91. The molecule has 0 spiro atoms. The summed E-state index contributed by atoms with van der Waals surface area (Å²) < 4.78 is 5.31. The zero-order chi connectivity index (χ0) is 22.1. The van der Waals surface area contributed by atoms with Gasteiger partial charge in [-0.3, -0.25) is 14.5 Å². The zero-order valence-corrected chi connectivity index (χ0v) is 18.8. The van der Waals surface area contributed by atoms with Gasteiger partial charge in [-0.05, 0) is 44.9 Å². The molecule has 166 valence electrons. The van der Waals surface area contributed by atoms with Crippen LogP contribution < -0.4 is 4.90 Å². The van der Waals surface area contributed by atoms with Crippen molar-refractivity contribution >= 4 is 17.6 Å². The van der Waals surface area contributed by atoms with E-state index < -0.39 is 0 Å². The normalized spacial score (nSPS) is 19.1. The summed E-state index contributed by atoms with van der Waals surface area (Å²) in [6, 6.07) is 1.48. The Hall–Kier alpha value is -2.77. The molecule has 2 aromatic heterocycles. The van der Waals surface area contributed by atoms with Crippen LogP contribution in [0.2, 0.25) is 0 Å². The molecule has 2 amide bonds. The van der Waals surface area contributed by atoms with Gasteiger partial charge >= 0.3 is 0 Å². The van der Waals surface area contributed by atoms with E-state index in [-0.39, 0.29) is 23.6 Å². The SMILES string of the molecule is CCc1cc(C(=O)N2CCCC[C@@H]2c2nc(C)c3c(n2)N(CC(C)C)C(=O)CC3)on1. The first-order valence-electron chi connectivity index (χ1n) is 11.3. The van der Waals surface area contributed by atoms with Gasteiger partial charge in [-0.15, -0.1) is 0 Å². The van der Waals surface area contributed by atoms with Crippen molar-refractivity contribution in [2.24, 2.45) is 5.92 Å². The van der Waals surface area contributed by atoms with Crippen molar-refractivity contribution in [2.45, 2.75) is 72.3 Å². The van der Waals surface area contributed by atoms with E-state index >= 15 is 0 Å². The van der Waals surface area contributed by atoms with Crippen LogP contribution in [0.15, 0.2) is 10.6 Å². The van der Waals surface area contributed by atoms with E-state index in [1.807, 2.05) is 18.7 Å². The molecule has 0 bridgehead atoms. The van der Waals surface area contributed by atoms with Crippen LogP contribution in [-0.2, 0) is 17.6 Å². The summed E-state index contributed by atoms with van der Waals surface area (Å²) in [7, 11) is 0. The number of nitrogens with zero attached hydrogens (tertiary/aromatic N) is 5. The van der Waals surface area contributed by atoms with Crippen molar-refractivity contribution in [3.63, 3.8) is 0 Å². The van der Waals surface area contributed by atoms with Gasteiger partial charge in [-0.25, -0.2) is 9.97 Å². The minimum absolute atomic E-state index is 0.107. The van der Waals surface area contributed by atoms with Crippen molar-refractivity contribution in [2.75, 3.05) is 18.0 Å². The lowest BCUT2D eigenvalue weighted by Gasteiger charge is -2.36. The molecule has 1 saturated heterocycles. The van der Waals surface area contributed by atoms with Gasteiger partial charge in [0.05, 0.1) is 11.7 Å². The fourth-order valence-corrected chi connectivity index (χ4v) is 4.47. The van der Waals surface area contributed by atoms with Crippen LogP contribution in [0.1, 0.15) is 85.8 Å². The minimum Gasteiger partial charge on any atom is -0.351 e. The van der Waals surface area contributed by atoms with Crippen LogP contribution in [0.25, 0.3) is 0 Å². The molecule has 2 aliphatic rings. The van der Waals surface area contributed by atoms with Crippen LogP contribution in [0.3, 0.4) is 0 Å². The lowest BCUT2D eigenvalue weighted by atomic mass is 9.98. The number of carbonyl (C=O) groups excluding carboxylic acids is 2. The molecule has 1 fully saturated rings. The van der Waals surface area contributed by atoms with E-state index in [9.17, 15) is 9.59 Å². The van der Waals surface area contributed by atoms with E-state index in [4.69, 9.17) is 14.5 Å². The number of rotatable bonds is 5.